The minimum absolute atomic E-state index is 0.146. The third-order valence-electron chi connectivity index (χ3n) is 3.11. The van der Waals surface area contributed by atoms with Crippen molar-refractivity contribution in [2.75, 3.05) is 11.2 Å². The molecule has 1 N–H and O–H groups in total. The van der Waals surface area contributed by atoms with Crippen LogP contribution in [0, 0.1) is 10.1 Å². The molecule has 1 aliphatic rings. The number of anilines is 1. The summed E-state index contributed by atoms with van der Waals surface area (Å²) in [5, 5.41) is 13.0. The molecule has 0 aromatic heterocycles. The van der Waals surface area contributed by atoms with Crippen LogP contribution in [0.15, 0.2) is 23.1 Å². The topological polar surface area (TPSA) is 106 Å². The molecular formula is C11H12N2O5S. The van der Waals surface area contributed by atoms with Crippen LogP contribution in [-0.4, -0.2) is 25.1 Å². The van der Waals surface area contributed by atoms with Gasteiger partial charge in [-0.05, 0) is 37.6 Å². The fraction of sp³-hybridized carbons (Fsp3) is 0.364. The normalized spacial score (nSPS) is 16.8. The Bertz CT molecular complexity index is 678. The van der Waals surface area contributed by atoms with Gasteiger partial charge in [-0.2, -0.15) is 0 Å². The zero-order chi connectivity index (χ0) is 14.4. The van der Waals surface area contributed by atoms with E-state index < -0.39 is 26.1 Å². The molecule has 1 aromatic rings. The van der Waals surface area contributed by atoms with Gasteiger partial charge in [0, 0.05) is 10.6 Å². The van der Waals surface area contributed by atoms with E-state index in [1.54, 1.807) is 13.8 Å². The first-order chi connectivity index (χ1) is 8.64. The second-order valence-corrected chi connectivity index (χ2v) is 6.82. The van der Waals surface area contributed by atoms with Crippen molar-refractivity contribution in [2.45, 2.75) is 24.2 Å². The maximum absolute atomic E-state index is 11.8. The molecule has 19 heavy (non-hydrogen) atoms. The first-order valence-electron chi connectivity index (χ1n) is 5.45. The van der Waals surface area contributed by atoms with Gasteiger partial charge in [0.1, 0.15) is 0 Å². The number of nitro groups is 1. The van der Waals surface area contributed by atoms with E-state index >= 15 is 0 Å². The molecule has 7 nitrogen and oxygen atoms in total. The van der Waals surface area contributed by atoms with Gasteiger partial charge < -0.3 is 5.32 Å². The van der Waals surface area contributed by atoms with Gasteiger partial charge in [0.2, 0.25) is 15.7 Å². The highest BCUT2D eigenvalue weighted by molar-refractivity contribution is 7.91. The maximum Gasteiger partial charge on any atom is 0.305 e. The van der Waals surface area contributed by atoms with Crippen LogP contribution in [0.1, 0.15) is 19.4 Å². The van der Waals surface area contributed by atoms with Crippen molar-refractivity contribution in [1.29, 1.82) is 0 Å². The average molecular weight is 284 g/mol. The number of amides is 1. The summed E-state index contributed by atoms with van der Waals surface area (Å²) in [6.07, 6.45) is 0. The van der Waals surface area contributed by atoms with E-state index in [0.29, 0.717) is 11.3 Å². The number of nitrogens with one attached hydrogen (secondary N) is 1. The highest BCUT2D eigenvalue weighted by Crippen LogP contribution is 2.38. The molecule has 0 spiro atoms. The molecule has 0 aliphatic carbocycles. The third kappa shape index (κ3) is 2.19. The minimum atomic E-state index is -3.99. The second-order valence-electron chi connectivity index (χ2n) is 4.86. The van der Waals surface area contributed by atoms with E-state index in [0.717, 1.165) is 0 Å². The van der Waals surface area contributed by atoms with Crippen molar-refractivity contribution in [3.8, 4) is 0 Å². The molecule has 1 amide bonds. The molecular weight excluding hydrogens is 272 g/mol. The number of carbonyl (C=O) groups excluding carboxylic acids is 1. The largest absolute Gasteiger partial charge is 0.325 e. The van der Waals surface area contributed by atoms with E-state index in [9.17, 15) is 23.3 Å². The minimum Gasteiger partial charge on any atom is -0.325 e. The van der Waals surface area contributed by atoms with E-state index in [-0.39, 0.29) is 10.8 Å². The summed E-state index contributed by atoms with van der Waals surface area (Å²) in [5.41, 5.74) is 0.215. The Hall–Kier alpha value is -1.96. The molecule has 1 aromatic carbocycles. The first kappa shape index (κ1) is 13.5. The van der Waals surface area contributed by atoms with Crippen molar-refractivity contribution < 1.29 is 18.1 Å². The summed E-state index contributed by atoms with van der Waals surface area (Å²) in [6, 6.07) is 4.04. The summed E-state index contributed by atoms with van der Waals surface area (Å²) >= 11 is 0. The van der Waals surface area contributed by atoms with Crippen LogP contribution >= 0.6 is 0 Å². The molecule has 0 atom stereocenters. The summed E-state index contributed by atoms with van der Waals surface area (Å²) in [7, 11) is -3.99. The number of benzene rings is 1. The lowest BCUT2D eigenvalue weighted by atomic mass is 9.86. The molecule has 8 heteroatoms. The maximum atomic E-state index is 11.8. The van der Waals surface area contributed by atoms with Gasteiger partial charge in [0.05, 0.1) is 10.3 Å². The van der Waals surface area contributed by atoms with Gasteiger partial charge >= 0.3 is 5.88 Å². The van der Waals surface area contributed by atoms with Crippen LogP contribution in [0.25, 0.3) is 0 Å². The van der Waals surface area contributed by atoms with E-state index in [1.165, 1.54) is 18.2 Å². The van der Waals surface area contributed by atoms with E-state index in [4.69, 9.17) is 0 Å². The Kier molecular flexibility index (Phi) is 2.85. The zero-order valence-electron chi connectivity index (χ0n) is 10.3. The average Bonchev–Trinajstić information content (AvgIpc) is 2.48. The molecule has 2 rings (SSSR count). The molecule has 0 saturated heterocycles. The molecule has 102 valence electrons. The summed E-state index contributed by atoms with van der Waals surface area (Å²) in [4.78, 5) is 21.0. The summed E-state index contributed by atoms with van der Waals surface area (Å²) in [5.74, 6) is -1.39. The third-order valence-corrected chi connectivity index (χ3v) is 4.64. The van der Waals surface area contributed by atoms with Crippen LogP contribution < -0.4 is 5.32 Å². The van der Waals surface area contributed by atoms with Gasteiger partial charge in [-0.15, -0.1) is 0 Å². The number of carbonyl (C=O) groups is 1. The van der Waals surface area contributed by atoms with E-state index in [2.05, 4.69) is 5.32 Å². The van der Waals surface area contributed by atoms with Crippen LogP contribution in [0.3, 0.4) is 0 Å². The Morgan fingerprint density at radius 1 is 1.37 bits per heavy atom. The predicted octanol–water partition coefficient (Wildman–Crippen LogP) is 0.924. The predicted molar refractivity (Wildman–Crippen MR) is 67.1 cm³/mol. The molecule has 0 saturated carbocycles. The van der Waals surface area contributed by atoms with Crippen LogP contribution in [0.4, 0.5) is 5.69 Å². The lowest BCUT2D eigenvalue weighted by Gasteiger charge is -2.15. The molecule has 1 aliphatic heterocycles. The standard InChI is InChI=1S/C11H12N2O5S/c1-11(2)8-5-7(19(17,18)6-13(15)16)3-4-9(8)12-10(11)14/h3-5H,6H2,1-2H3,(H,12,14). The van der Waals surface area contributed by atoms with Gasteiger partial charge in [-0.3, -0.25) is 14.9 Å². The summed E-state index contributed by atoms with van der Waals surface area (Å²) in [6.45, 7) is 3.33. The SMILES string of the molecule is CC1(C)C(=O)Nc2ccc(S(=O)(=O)C[N+](=O)[O-])cc21. The quantitative estimate of drug-likeness (QED) is 0.656. The second kappa shape index (κ2) is 4.02. The zero-order valence-corrected chi connectivity index (χ0v) is 11.2. The van der Waals surface area contributed by atoms with Crippen molar-refractivity contribution >= 4 is 21.4 Å². The number of nitrogens with zero attached hydrogens (tertiary/aromatic N) is 1. The van der Waals surface area contributed by atoms with Crippen molar-refractivity contribution in [1.82, 2.24) is 0 Å². The molecule has 0 bridgehead atoms. The highest BCUT2D eigenvalue weighted by Gasteiger charge is 2.39. The van der Waals surface area contributed by atoms with Crippen LogP contribution in [0.2, 0.25) is 0 Å². The fourth-order valence-corrected chi connectivity index (χ4v) is 2.96. The monoisotopic (exact) mass is 284 g/mol. The van der Waals surface area contributed by atoms with Crippen LogP contribution in [0.5, 0.6) is 0 Å². The Labute approximate surface area is 109 Å². The van der Waals surface area contributed by atoms with Gasteiger partial charge in [0.25, 0.3) is 0 Å². The van der Waals surface area contributed by atoms with Gasteiger partial charge in [0.15, 0.2) is 0 Å². The Morgan fingerprint density at radius 3 is 2.58 bits per heavy atom. The number of hydrogen-bond donors (Lipinski definition) is 1. The lowest BCUT2D eigenvalue weighted by Crippen LogP contribution is -2.27. The molecule has 0 radical (unpaired) electrons. The van der Waals surface area contributed by atoms with Gasteiger partial charge in [-0.1, -0.05) is 0 Å². The lowest BCUT2D eigenvalue weighted by molar-refractivity contribution is -0.458. The Balaban J connectivity index is 2.52. The highest BCUT2D eigenvalue weighted by atomic mass is 32.2. The summed E-state index contributed by atoms with van der Waals surface area (Å²) < 4.78 is 23.6. The van der Waals surface area contributed by atoms with Crippen molar-refractivity contribution in [3.63, 3.8) is 0 Å². The Morgan fingerprint density at radius 2 is 2.00 bits per heavy atom. The molecule has 0 fully saturated rings. The smallest absolute Gasteiger partial charge is 0.305 e. The fourth-order valence-electron chi connectivity index (χ4n) is 1.96. The van der Waals surface area contributed by atoms with Gasteiger partial charge in [-0.25, -0.2) is 8.42 Å². The van der Waals surface area contributed by atoms with Crippen molar-refractivity contribution in [2.24, 2.45) is 0 Å². The van der Waals surface area contributed by atoms with Crippen LogP contribution in [-0.2, 0) is 20.0 Å². The first-order valence-corrected chi connectivity index (χ1v) is 7.10. The molecule has 0 unspecified atom stereocenters. The van der Waals surface area contributed by atoms with Crippen molar-refractivity contribution in [3.05, 3.63) is 33.9 Å². The number of sulfone groups is 1. The number of fused-ring (bicyclic) bond motifs is 1. The van der Waals surface area contributed by atoms with E-state index in [1.807, 2.05) is 0 Å². The number of rotatable bonds is 3. The molecule has 1 heterocycles. The number of hydrogen-bond acceptors (Lipinski definition) is 5.